The van der Waals surface area contributed by atoms with Gasteiger partial charge in [-0.2, -0.15) is 5.26 Å². The second-order valence-corrected chi connectivity index (χ2v) is 6.05. The number of hydrogen-bond acceptors (Lipinski definition) is 5. The molecule has 0 aromatic heterocycles. The molecule has 27 heavy (non-hydrogen) atoms. The Labute approximate surface area is 157 Å². The Kier molecular flexibility index (Phi) is 7.43. The van der Waals surface area contributed by atoms with Crippen molar-refractivity contribution in [1.29, 1.82) is 5.26 Å². The van der Waals surface area contributed by atoms with Crippen LogP contribution in [0.15, 0.2) is 30.3 Å². The summed E-state index contributed by atoms with van der Waals surface area (Å²) in [7, 11) is 0. The summed E-state index contributed by atoms with van der Waals surface area (Å²) in [6, 6.07) is 10.2. The second-order valence-electron chi connectivity index (χ2n) is 6.05. The highest BCUT2D eigenvalue weighted by molar-refractivity contribution is 5.86. The third kappa shape index (κ3) is 6.18. The molecule has 9 heteroatoms. The average Bonchev–Trinajstić information content (AvgIpc) is 2.70. The van der Waals surface area contributed by atoms with Crippen LogP contribution in [0.25, 0.3) is 0 Å². The molecule has 1 atom stereocenters. The molecule has 1 heterocycles. The van der Waals surface area contributed by atoms with Gasteiger partial charge in [0.2, 0.25) is 5.91 Å². The predicted molar refractivity (Wildman–Crippen MR) is 94.6 cm³/mol. The molecule has 0 unspecified atom stereocenters. The van der Waals surface area contributed by atoms with E-state index in [1.165, 1.54) is 9.80 Å². The van der Waals surface area contributed by atoms with Crippen LogP contribution in [0.4, 0.5) is 9.59 Å². The van der Waals surface area contributed by atoms with Gasteiger partial charge in [0.15, 0.2) is 0 Å². The number of nitrogens with one attached hydrogen (secondary N) is 1. The molecule has 0 bridgehead atoms. The van der Waals surface area contributed by atoms with E-state index in [1.807, 2.05) is 36.4 Å². The van der Waals surface area contributed by atoms with Crippen molar-refractivity contribution in [2.24, 2.45) is 0 Å². The number of carboxylic acid groups (broad SMARTS) is 1. The molecule has 0 radical (unpaired) electrons. The minimum atomic E-state index is -1.02. The van der Waals surface area contributed by atoms with Gasteiger partial charge in [0.25, 0.3) is 0 Å². The summed E-state index contributed by atoms with van der Waals surface area (Å²) >= 11 is 0. The SMILES string of the molecule is N#CCC[C@H](NC(=O)OCc1ccccc1)C(=O)N1CCN(C(=O)O)CC1. The predicted octanol–water partition coefficient (Wildman–Crippen LogP) is 1.41. The van der Waals surface area contributed by atoms with Crippen molar-refractivity contribution >= 4 is 18.1 Å². The van der Waals surface area contributed by atoms with Crippen molar-refractivity contribution in [3.8, 4) is 6.07 Å². The number of nitrogens with zero attached hydrogens (tertiary/aromatic N) is 3. The van der Waals surface area contributed by atoms with Crippen molar-refractivity contribution in [2.45, 2.75) is 25.5 Å². The van der Waals surface area contributed by atoms with Gasteiger partial charge in [-0.25, -0.2) is 9.59 Å². The molecule has 1 aliphatic heterocycles. The van der Waals surface area contributed by atoms with E-state index in [4.69, 9.17) is 15.1 Å². The molecule has 9 nitrogen and oxygen atoms in total. The third-order valence-corrected chi connectivity index (χ3v) is 4.21. The number of carbonyl (C=O) groups excluding carboxylic acids is 2. The topological polar surface area (TPSA) is 123 Å². The van der Waals surface area contributed by atoms with Gasteiger partial charge in [0.1, 0.15) is 12.6 Å². The maximum absolute atomic E-state index is 12.7. The molecule has 3 amide bonds. The van der Waals surface area contributed by atoms with Crippen molar-refractivity contribution in [3.63, 3.8) is 0 Å². The van der Waals surface area contributed by atoms with Crippen molar-refractivity contribution in [2.75, 3.05) is 26.2 Å². The van der Waals surface area contributed by atoms with Crippen LogP contribution in [0.2, 0.25) is 0 Å². The zero-order chi connectivity index (χ0) is 19.6. The van der Waals surface area contributed by atoms with Gasteiger partial charge in [-0.1, -0.05) is 30.3 Å². The summed E-state index contributed by atoms with van der Waals surface area (Å²) < 4.78 is 5.13. The Morgan fingerprint density at radius 1 is 1.15 bits per heavy atom. The minimum Gasteiger partial charge on any atom is -0.465 e. The fourth-order valence-electron chi connectivity index (χ4n) is 2.71. The number of piperazine rings is 1. The summed E-state index contributed by atoms with van der Waals surface area (Å²) in [6.45, 7) is 0.988. The van der Waals surface area contributed by atoms with E-state index < -0.39 is 18.2 Å². The molecular formula is C18H22N4O5. The number of carbonyl (C=O) groups is 3. The van der Waals surface area contributed by atoms with E-state index in [9.17, 15) is 14.4 Å². The molecular weight excluding hydrogens is 352 g/mol. The van der Waals surface area contributed by atoms with Crippen molar-refractivity contribution in [1.82, 2.24) is 15.1 Å². The fourth-order valence-corrected chi connectivity index (χ4v) is 2.71. The molecule has 0 saturated carbocycles. The maximum atomic E-state index is 12.7. The molecule has 0 aliphatic carbocycles. The monoisotopic (exact) mass is 374 g/mol. The van der Waals surface area contributed by atoms with Crippen LogP contribution in [0.5, 0.6) is 0 Å². The Morgan fingerprint density at radius 2 is 1.78 bits per heavy atom. The van der Waals surface area contributed by atoms with Crippen LogP contribution in [-0.4, -0.2) is 65.2 Å². The Bertz CT molecular complexity index is 695. The first-order chi connectivity index (χ1) is 13.0. The van der Waals surface area contributed by atoms with Gasteiger partial charge < -0.3 is 25.0 Å². The largest absolute Gasteiger partial charge is 0.465 e. The van der Waals surface area contributed by atoms with E-state index in [0.29, 0.717) is 0 Å². The zero-order valence-corrected chi connectivity index (χ0v) is 14.8. The summed E-state index contributed by atoms with van der Waals surface area (Å²) in [6.07, 6.45) is -1.50. The van der Waals surface area contributed by atoms with E-state index in [2.05, 4.69) is 5.32 Å². The van der Waals surface area contributed by atoms with E-state index in [-0.39, 0.29) is 51.5 Å². The van der Waals surface area contributed by atoms with Crippen LogP contribution in [0.1, 0.15) is 18.4 Å². The quantitative estimate of drug-likeness (QED) is 0.776. The Balaban J connectivity index is 1.89. The third-order valence-electron chi connectivity index (χ3n) is 4.21. The first-order valence-electron chi connectivity index (χ1n) is 8.62. The number of ether oxygens (including phenoxy) is 1. The molecule has 2 rings (SSSR count). The van der Waals surface area contributed by atoms with E-state index in [0.717, 1.165) is 5.56 Å². The van der Waals surface area contributed by atoms with Gasteiger partial charge in [0, 0.05) is 32.6 Å². The zero-order valence-electron chi connectivity index (χ0n) is 14.8. The van der Waals surface area contributed by atoms with Crippen molar-refractivity contribution in [3.05, 3.63) is 35.9 Å². The smallest absolute Gasteiger partial charge is 0.408 e. The standard InChI is InChI=1S/C18H22N4O5/c19-8-4-7-15(16(23)21-9-11-22(12-10-21)18(25)26)20-17(24)27-13-14-5-2-1-3-6-14/h1-3,5-6,15H,4,7,9-13H2,(H,20,24)(H,25,26)/t15-/m0/s1. The molecule has 144 valence electrons. The normalized spacial score (nSPS) is 14.8. The average molecular weight is 374 g/mol. The summed E-state index contributed by atoms with van der Waals surface area (Å²) in [5, 5.41) is 20.3. The van der Waals surface area contributed by atoms with Crippen LogP contribution in [0, 0.1) is 11.3 Å². The van der Waals surface area contributed by atoms with Gasteiger partial charge >= 0.3 is 12.2 Å². The number of rotatable bonds is 6. The molecule has 1 aliphatic rings. The second kappa shape index (κ2) is 10.0. The lowest BCUT2D eigenvalue weighted by molar-refractivity contribution is -0.135. The van der Waals surface area contributed by atoms with Gasteiger partial charge in [-0.05, 0) is 12.0 Å². The van der Waals surface area contributed by atoms with Gasteiger partial charge in [0.05, 0.1) is 6.07 Å². The highest BCUT2D eigenvalue weighted by Crippen LogP contribution is 2.09. The summed E-state index contributed by atoms with van der Waals surface area (Å²) in [5.41, 5.74) is 0.817. The maximum Gasteiger partial charge on any atom is 0.408 e. The summed E-state index contributed by atoms with van der Waals surface area (Å²) in [4.78, 5) is 38.4. The molecule has 1 aromatic rings. The Morgan fingerprint density at radius 3 is 2.37 bits per heavy atom. The van der Waals surface area contributed by atoms with E-state index >= 15 is 0 Å². The van der Waals surface area contributed by atoms with Crippen LogP contribution >= 0.6 is 0 Å². The minimum absolute atomic E-state index is 0.0725. The van der Waals surface area contributed by atoms with E-state index in [1.54, 1.807) is 0 Å². The Hall–Kier alpha value is -3.28. The highest BCUT2D eigenvalue weighted by atomic mass is 16.5. The van der Waals surface area contributed by atoms with Crippen LogP contribution < -0.4 is 5.32 Å². The highest BCUT2D eigenvalue weighted by Gasteiger charge is 2.30. The lowest BCUT2D eigenvalue weighted by Gasteiger charge is -2.35. The summed E-state index contributed by atoms with van der Waals surface area (Å²) in [5.74, 6) is -0.341. The molecule has 0 spiro atoms. The molecule has 1 saturated heterocycles. The fraction of sp³-hybridized carbons (Fsp3) is 0.444. The van der Waals surface area contributed by atoms with Gasteiger partial charge in [-0.3, -0.25) is 4.79 Å². The first kappa shape index (κ1) is 20.0. The van der Waals surface area contributed by atoms with Gasteiger partial charge in [-0.15, -0.1) is 0 Å². The number of hydrogen-bond donors (Lipinski definition) is 2. The number of alkyl carbamates (subject to hydrolysis) is 1. The lowest BCUT2D eigenvalue weighted by atomic mass is 10.1. The van der Waals surface area contributed by atoms with Crippen LogP contribution in [-0.2, 0) is 16.1 Å². The first-order valence-corrected chi connectivity index (χ1v) is 8.62. The molecule has 1 aromatic carbocycles. The number of amides is 3. The van der Waals surface area contributed by atoms with Crippen LogP contribution in [0.3, 0.4) is 0 Å². The number of benzene rings is 1. The molecule has 1 fully saturated rings. The van der Waals surface area contributed by atoms with Crippen molar-refractivity contribution < 1.29 is 24.2 Å². The number of nitriles is 1. The molecule has 2 N–H and O–H groups in total. The lowest BCUT2D eigenvalue weighted by Crippen LogP contribution is -2.55.